The highest BCUT2D eigenvalue weighted by Crippen LogP contribution is 2.49. The topological polar surface area (TPSA) is 21.3 Å². The van der Waals surface area contributed by atoms with Crippen LogP contribution in [-0.2, 0) is 4.74 Å². The van der Waals surface area contributed by atoms with Gasteiger partial charge in [0.2, 0.25) is 0 Å². The zero-order chi connectivity index (χ0) is 13.2. The second kappa shape index (κ2) is 5.92. The van der Waals surface area contributed by atoms with Crippen molar-refractivity contribution >= 4 is 0 Å². The second-order valence-corrected chi connectivity index (χ2v) is 6.52. The monoisotopic (exact) mass is 253 g/mol. The van der Waals surface area contributed by atoms with Crippen molar-refractivity contribution in [3.63, 3.8) is 0 Å². The van der Waals surface area contributed by atoms with Crippen LogP contribution in [0.25, 0.3) is 0 Å². The molecule has 0 aromatic carbocycles. The highest BCUT2D eigenvalue weighted by molar-refractivity contribution is 5.06. The lowest BCUT2D eigenvalue weighted by Gasteiger charge is -2.56. The van der Waals surface area contributed by atoms with Gasteiger partial charge in [-0.15, -0.1) is 0 Å². The third-order valence-electron chi connectivity index (χ3n) is 5.77. The largest absolute Gasteiger partial charge is 0.374 e. The highest BCUT2D eigenvalue weighted by Gasteiger charge is 2.53. The van der Waals surface area contributed by atoms with Crippen LogP contribution in [0, 0.1) is 11.3 Å². The number of rotatable bonds is 5. The first kappa shape index (κ1) is 14.3. The molecule has 0 spiro atoms. The Bertz CT molecular complexity index is 254. The first-order valence-corrected chi connectivity index (χ1v) is 7.99. The molecule has 2 unspecified atom stereocenters. The predicted octanol–water partition coefficient (Wildman–Crippen LogP) is 3.75. The molecule has 2 fully saturated rings. The van der Waals surface area contributed by atoms with Crippen molar-refractivity contribution in [3.8, 4) is 0 Å². The van der Waals surface area contributed by atoms with E-state index in [0.29, 0.717) is 23.7 Å². The van der Waals surface area contributed by atoms with Gasteiger partial charge in [0, 0.05) is 11.5 Å². The zero-order valence-electron chi connectivity index (χ0n) is 12.7. The Labute approximate surface area is 113 Å². The Morgan fingerprint density at radius 3 is 2.22 bits per heavy atom. The van der Waals surface area contributed by atoms with Gasteiger partial charge >= 0.3 is 0 Å². The van der Waals surface area contributed by atoms with E-state index in [-0.39, 0.29) is 0 Å². The van der Waals surface area contributed by atoms with Crippen molar-refractivity contribution in [2.45, 2.75) is 84.0 Å². The second-order valence-electron chi connectivity index (χ2n) is 6.52. The van der Waals surface area contributed by atoms with E-state index in [2.05, 4.69) is 33.1 Å². The maximum Gasteiger partial charge on any atom is 0.0664 e. The van der Waals surface area contributed by atoms with E-state index in [1.807, 2.05) is 0 Å². The minimum atomic E-state index is 0.401. The molecule has 2 aliphatic carbocycles. The van der Waals surface area contributed by atoms with Gasteiger partial charge in [-0.3, -0.25) is 0 Å². The lowest BCUT2D eigenvalue weighted by molar-refractivity contribution is -0.172. The van der Waals surface area contributed by atoms with Crippen molar-refractivity contribution in [3.05, 3.63) is 0 Å². The quantitative estimate of drug-likeness (QED) is 0.805. The summed E-state index contributed by atoms with van der Waals surface area (Å²) in [6.45, 7) is 7.03. The third kappa shape index (κ3) is 2.46. The summed E-state index contributed by atoms with van der Waals surface area (Å²) in [7, 11) is 2.10. The highest BCUT2D eigenvalue weighted by atomic mass is 16.5. The van der Waals surface area contributed by atoms with Gasteiger partial charge in [-0.25, -0.2) is 0 Å². The lowest BCUT2D eigenvalue weighted by Crippen LogP contribution is -2.63. The first-order chi connectivity index (χ1) is 8.66. The molecular weight excluding hydrogens is 222 g/mol. The summed E-state index contributed by atoms with van der Waals surface area (Å²) in [6.07, 6.45) is 10.0. The van der Waals surface area contributed by atoms with Gasteiger partial charge in [-0.2, -0.15) is 0 Å². The Hall–Kier alpha value is -0.0800. The van der Waals surface area contributed by atoms with Crippen LogP contribution in [0.15, 0.2) is 0 Å². The van der Waals surface area contributed by atoms with Crippen molar-refractivity contribution in [1.29, 1.82) is 0 Å². The molecule has 2 nitrogen and oxygen atoms in total. The molecule has 0 heterocycles. The summed E-state index contributed by atoms with van der Waals surface area (Å²) in [4.78, 5) is 0. The van der Waals surface area contributed by atoms with E-state index in [1.165, 1.54) is 44.9 Å². The number of hydrogen-bond acceptors (Lipinski definition) is 2. The molecule has 2 heteroatoms. The van der Waals surface area contributed by atoms with Gasteiger partial charge < -0.3 is 10.1 Å². The molecule has 106 valence electrons. The van der Waals surface area contributed by atoms with E-state index in [9.17, 15) is 0 Å². The molecule has 0 radical (unpaired) electrons. The molecule has 0 amide bonds. The molecular formula is C16H31NO. The predicted molar refractivity (Wildman–Crippen MR) is 76.8 cm³/mol. The lowest BCUT2D eigenvalue weighted by atomic mass is 9.58. The fourth-order valence-electron chi connectivity index (χ4n) is 4.14. The van der Waals surface area contributed by atoms with Crippen molar-refractivity contribution in [1.82, 2.24) is 5.32 Å². The maximum atomic E-state index is 6.47. The van der Waals surface area contributed by atoms with E-state index in [4.69, 9.17) is 4.74 Å². The van der Waals surface area contributed by atoms with E-state index < -0.39 is 0 Å². The SMILES string of the molecule is CCC1(CC)C(NC)CC1OC1CCC(C)CC1. The molecule has 0 bridgehead atoms. The molecule has 18 heavy (non-hydrogen) atoms. The minimum absolute atomic E-state index is 0.401. The van der Waals surface area contributed by atoms with Crippen LogP contribution in [0.4, 0.5) is 0 Å². The summed E-state index contributed by atoms with van der Waals surface area (Å²) >= 11 is 0. The van der Waals surface area contributed by atoms with Gasteiger partial charge in [-0.05, 0) is 57.9 Å². The van der Waals surface area contributed by atoms with Crippen LogP contribution in [0.1, 0.15) is 65.7 Å². The molecule has 0 aromatic rings. The standard InChI is InChI=1S/C16H31NO/c1-5-16(6-2)14(17-4)11-15(16)18-13-9-7-12(3)8-10-13/h12-15,17H,5-11H2,1-4H3. The molecule has 2 saturated carbocycles. The Morgan fingerprint density at radius 1 is 1.11 bits per heavy atom. The average Bonchev–Trinajstić information content (AvgIpc) is 2.38. The smallest absolute Gasteiger partial charge is 0.0664 e. The van der Waals surface area contributed by atoms with Gasteiger partial charge in [-0.1, -0.05) is 20.8 Å². The van der Waals surface area contributed by atoms with Gasteiger partial charge in [0.15, 0.2) is 0 Å². The summed E-state index contributed by atoms with van der Waals surface area (Å²) in [5.74, 6) is 0.915. The van der Waals surface area contributed by atoms with Crippen molar-refractivity contribution < 1.29 is 4.74 Å². The molecule has 2 aliphatic rings. The maximum absolute atomic E-state index is 6.47. The summed E-state index contributed by atoms with van der Waals surface area (Å²) < 4.78 is 6.47. The molecule has 2 rings (SSSR count). The van der Waals surface area contributed by atoms with Crippen molar-refractivity contribution in [2.24, 2.45) is 11.3 Å². The number of nitrogens with one attached hydrogen (secondary N) is 1. The number of ether oxygens (including phenoxy) is 1. The summed E-state index contributed by atoms with van der Waals surface area (Å²) in [5.41, 5.74) is 0.401. The normalized spacial score (nSPS) is 39.3. The average molecular weight is 253 g/mol. The molecule has 2 atom stereocenters. The van der Waals surface area contributed by atoms with E-state index in [0.717, 1.165) is 5.92 Å². The van der Waals surface area contributed by atoms with Crippen LogP contribution < -0.4 is 5.32 Å². The summed E-state index contributed by atoms with van der Waals surface area (Å²) in [6, 6.07) is 0.667. The molecule has 0 aliphatic heterocycles. The van der Waals surface area contributed by atoms with E-state index in [1.54, 1.807) is 0 Å². The summed E-state index contributed by atoms with van der Waals surface area (Å²) in [5, 5.41) is 3.49. The minimum Gasteiger partial charge on any atom is -0.374 e. The van der Waals surface area contributed by atoms with Gasteiger partial charge in [0.05, 0.1) is 12.2 Å². The fraction of sp³-hybridized carbons (Fsp3) is 1.00. The van der Waals surface area contributed by atoms with Gasteiger partial charge in [0.25, 0.3) is 0 Å². The Kier molecular flexibility index (Phi) is 4.71. The third-order valence-corrected chi connectivity index (χ3v) is 5.77. The molecule has 1 N–H and O–H groups in total. The van der Waals surface area contributed by atoms with Gasteiger partial charge in [0.1, 0.15) is 0 Å². The van der Waals surface area contributed by atoms with Crippen LogP contribution >= 0.6 is 0 Å². The van der Waals surface area contributed by atoms with Crippen molar-refractivity contribution in [2.75, 3.05) is 7.05 Å². The molecule has 0 aromatic heterocycles. The van der Waals surface area contributed by atoms with Crippen LogP contribution in [0.5, 0.6) is 0 Å². The first-order valence-electron chi connectivity index (χ1n) is 7.99. The Balaban J connectivity index is 1.89. The number of hydrogen-bond donors (Lipinski definition) is 1. The molecule has 0 saturated heterocycles. The Morgan fingerprint density at radius 2 is 1.72 bits per heavy atom. The van der Waals surface area contributed by atoms with Crippen LogP contribution in [0.3, 0.4) is 0 Å². The zero-order valence-corrected chi connectivity index (χ0v) is 12.7. The fourth-order valence-corrected chi connectivity index (χ4v) is 4.14. The van der Waals surface area contributed by atoms with E-state index >= 15 is 0 Å². The van der Waals surface area contributed by atoms with Crippen LogP contribution in [-0.4, -0.2) is 25.3 Å². The van der Waals surface area contributed by atoms with Crippen LogP contribution in [0.2, 0.25) is 0 Å².